The van der Waals surface area contributed by atoms with Crippen LogP contribution in [0.1, 0.15) is 31.2 Å². The molecule has 2 aromatic rings. The van der Waals surface area contributed by atoms with E-state index in [2.05, 4.69) is 9.97 Å². The van der Waals surface area contributed by atoms with Crippen molar-refractivity contribution in [1.82, 2.24) is 9.97 Å². The second-order valence-electron chi connectivity index (χ2n) is 4.91. The lowest BCUT2D eigenvalue weighted by molar-refractivity contribution is 0.597. The van der Waals surface area contributed by atoms with Crippen LogP contribution in [0.25, 0.3) is 0 Å². The Labute approximate surface area is 129 Å². The third-order valence-electron chi connectivity index (χ3n) is 2.94. The van der Waals surface area contributed by atoms with Crippen molar-refractivity contribution in [3.63, 3.8) is 0 Å². The van der Waals surface area contributed by atoms with Crippen LogP contribution in [0.3, 0.4) is 0 Å². The summed E-state index contributed by atoms with van der Waals surface area (Å²) in [6.45, 7) is 5.57. The number of aryl methyl sites for hydroxylation is 1. The molecule has 0 aliphatic rings. The molecule has 0 aliphatic carbocycles. The van der Waals surface area contributed by atoms with Gasteiger partial charge in [0.25, 0.3) is 10.0 Å². The van der Waals surface area contributed by atoms with Gasteiger partial charge in [0.1, 0.15) is 5.82 Å². The summed E-state index contributed by atoms with van der Waals surface area (Å²) < 4.78 is 25.8. The molecule has 2 rings (SSSR count). The molecule has 0 unspecified atom stereocenters. The first-order chi connectivity index (χ1) is 9.84. The Morgan fingerprint density at radius 1 is 1.19 bits per heavy atom. The molecule has 1 heterocycles. The van der Waals surface area contributed by atoms with Crippen LogP contribution < -0.4 is 3.82 Å². The summed E-state index contributed by atoms with van der Waals surface area (Å²) in [6, 6.07) is 8.13. The van der Waals surface area contributed by atoms with Crippen LogP contribution in [-0.4, -0.2) is 18.4 Å². The van der Waals surface area contributed by atoms with Crippen LogP contribution in [0.2, 0.25) is 0 Å². The minimum atomic E-state index is -3.86. The zero-order chi connectivity index (χ0) is 15.6. The van der Waals surface area contributed by atoms with E-state index in [0.717, 1.165) is 0 Å². The molecule has 0 saturated carbocycles. The number of halogens is 1. The predicted molar refractivity (Wildman–Crippen MR) is 82.8 cm³/mol. The minimum absolute atomic E-state index is 0.0798. The van der Waals surface area contributed by atoms with E-state index >= 15 is 0 Å². The molecule has 0 fully saturated rings. The SMILES string of the molecule is Cc1ccccc1S(=O)(=O)N(Cl)c1ccnc(C(C)C)n1. The van der Waals surface area contributed by atoms with Gasteiger partial charge in [0.2, 0.25) is 0 Å². The van der Waals surface area contributed by atoms with Crippen molar-refractivity contribution in [2.75, 3.05) is 3.82 Å². The Morgan fingerprint density at radius 3 is 2.48 bits per heavy atom. The van der Waals surface area contributed by atoms with Crippen LogP contribution >= 0.6 is 11.8 Å². The Hall–Kier alpha value is -1.66. The van der Waals surface area contributed by atoms with Gasteiger partial charge in [-0.05, 0) is 18.6 Å². The Morgan fingerprint density at radius 2 is 1.86 bits per heavy atom. The number of aromatic nitrogens is 2. The maximum absolute atomic E-state index is 12.6. The first-order valence-electron chi connectivity index (χ1n) is 6.43. The standard InChI is InChI=1S/C14H16ClN3O2S/c1-10(2)14-16-9-8-13(17-14)18(15)21(19,20)12-7-5-4-6-11(12)3/h4-10H,1-3H3. The maximum Gasteiger partial charge on any atom is 0.279 e. The predicted octanol–water partition coefficient (Wildman–Crippen LogP) is 3.26. The summed E-state index contributed by atoms with van der Waals surface area (Å²) >= 11 is 6.04. The smallest absolute Gasteiger partial charge is 0.241 e. The van der Waals surface area contributed by atoms with E-state index in [1.165, 1.54) is 18.3 Å². The molecule has 0 spiro atoms. The third-order valence-corrected chi connectivity index (χ3v) is 5.28. The normalized spacial score (nSPS) is 11.7. The Kier molecular flexibility index (Phi) is 4.49. The first kappa shape index (κ1) is 15.7. The summed E-state index contributed by atoms with van der Waals surface area (Å²) in [6.07, 6.45) is 1.50. The summed E-state index contributed by atoms with van der Waals surface area (Å²) in [7, 11) is -3.86. The van der Waals surface area contributed by atoms with E-state index < -0.39 is 10.0 Å². The molecule has 0 amide bonds. The zero-order valence-corrected chi connectivity index (χ0v) is 13.6. The molecular formula is C14H16ClN3O2S. The number of benzene rings is 1. The van der Waals surface area contributed by atoms with Gasteiger partial charge in [-0.15, -0.1) is 0 Å². The van der Waals surface area contributed by atoms with Gasteiger partial charge in [-0.3, -0.25) is 0 Å². The van der Waals surface area contributed by atoms with Crippen molar-refractivity contribution in [2.24, 2.45) is 0 Å². The number of anilines is 1. The fraction of sp³-hybridized carbons (Fsp3) is 0.286. The van der Waals surface area contributed by atoms with E-state index in [4.69, 9.17) is 11.8 Å². The van der Waals surface area contributed by atoms with Gasteiger partial charge >= 0.3 is 0 Å². The number of sulfonamides is 1. The summed E-state index contributed by atoms with van der Waals surface area (Å²) in [5, 5.41) is 0. The molecule has 0 N–H and O–H groups in total. The van der Waals surface area contributed by atoms with Crippen molar-refractivity contribution in [3.8, 4) is 0 Å². The van der Waals surface area contributed by atoms with E-state index in [1.54, 1.807) is 25.1 Å². The molecule has 7 heteroatoms. The highest BCUT2D eigenvalue weighted by Crippen LogP contribution is 2.26. The summed E-state index contributed by atoms with van der Waals surface area (Å²) in [5.74, 6) is 0.757. The highest BCUT2D eigenvalue weighted by Gasteiger charge is 2.26. The van der Waals surface area contributed by atoms with E-state index in [0.29, 0.717) is 15.2 Å². The van der Waals surface area contributed by atoms with Crippen molar-refractivity contribution in [2.45, 2.75) is 31.6 Å². The van der Waals surface area contributed by atoms with Gasteiger partial charge in [0.05, 0.1) is 4.90 Å². The molecule has 0 radical (unpaired) electrons. The molecule has 112 valence electrons. The first-order valence-corrected chi connectivity index (χ1v) is 8.21. The monoisotopic (exact) mass is 325 g/mol. The van der Waals surface area contributed by atoms with E-state index in [9.17, 15) is 8.42 Å². The molecule has 1 aromatic heterocycles. The van der Waals surface area contributed by atoms with Gasteiger partial charge in [-0.1, -0.05) is 32.0 Å². The van der Waals surface area contributed by atoms with Crippen molar-refractivity contribution in [1.29, 1.82) is 0 Å². The molecular weight excluding hydrogens is 310 g/mol. The molecule has 0 bridgehead atoms. The number of nitrogens with zero attached hydrogens (tertiary/aromatic N) is 3. The van der Waals surface area contributed by atoms with Crippen LogP contribution in [0.4, 0.5) is 5.82 Å². The third kappa shape index (κ3) is 3.16. The number of hydrogen-bond donors (Lipinski definition) is 0. The van der Waals surface area contributed by atoms with Crippen molar-refractivity contribution < 1.29 is 8.42 Å². The number of hydrogen-bond acceptors (Lipinski definition) is 4. The average Bonchev–Trinajstić information content (AvgIpc) is 2.46. The molecule has 1 aromatic carbocycles. The zero-order valence-electron chi connectivity index (χ0n) is 12.0. The van der Waals surface area contributed by atoms with Gasteiger partial charge in [0, 0.05) is 30.0 Å². The highest BCUT2D eigenvalue weighted by atomic mass is 35.5. The second kappa shape index (κ2) is 5.99. The lowest BCUT2D eigenvalue weighted by Crippen LogP contribution is -2.23. The van der Waals surface area contributed by atoms with Gasteiger partial charge in [-0.2, -0.15) is 12.2 Å². The highest BCUT2D eigenvalue weighted by molar-refractivity contribution is 7.94. The second-order valence-corrected chi connectivity index (χ2v) is 7.21. The minimum Gasteiger partial charge on any atom is -0.241 e. The van der Waals surface area contributed by atoms with Crippen molar-refractivity contribution in [3.05, 3.63) is 47.9 Å². The van der Waals surface area contributed by atoms with E-state index in [1.807, 2.05) is 13.8 Å². The van der Waals surface area contributed by atoms with Crippen LogP contribution in [-0.2, 0) is 10.0 Å². The molecule has 0 aliphatic heterocycles. The average molecular weight is 326 g/mol. The Bertz CT molecular complexity index is 747. The lowest BCUT2D eigenvalue weighted by atomic mass is 10.2. The van der Waals surface area contributed by atoms with Gasteiger partial charge < -0.3 is 0 Å². The fourth-order valence-electron chi connectivity index (χ4n) is 1.80. The topological polar surface area (TPSA) is 63.2 Å². The quantitative estimate of drug-likeness (QED) is 0.809. The molecule has 5 nitrogen and oxygen atoms in total. The number of rotatable bonds is 4. The molecule has 0 atom stereocenters. The molecule has 0 saturated heterocycles. The lowest BCUT2D eigenvalue weighted by Gasteiger charge is -2.17. The van der Waals surface area contributed by atoms with Crippen molar-refractivity contribution >= 4 is 27.6 Å². The molecule has 21 heavy (non-hydrogen) atoms. The van der Waals surface area contributed by atoms with Crippen LogP contribution in [0.15, 0.2) is 41.4 Å². The summed E-state index contributed by atoms with van der Waals surface area (Å²) in [4.78, 5) is 8.46. The summed E-state index contributed by atoms with van der Waals surface area (Å²) in [5.41, 5.74) is 0.626. The van der Waals surface area contributed by atoms with E-state index in [-0.39, 0.29) is 16.6 Å². The van der Waals surface area contributed by atoms with Gasteiger partial charge in [0.15, 0.2) is 5.82 Å². The van der Waals surface area contributed by atoms with Crippen LogP contribution in [0.5, 0.6) is 0 Å². The largest absolute Gasteiger partial charge is 0.279 e. The van der Waals surface area contributed by atoms with Crippen LogP contribution in [0, 0.1) is 6.92 Å². The van der Waals surface area contributed by atoms with Gasteiger partial charge in [-0.25, -0.2) is 9.97 Å². The fourth-order valence-corrected chi connectivity index (χ4v) is 3.36. The maximum atomic E-state index is 12.6. The Balaban J connectivity index is 2.46.